The lowest BCUT2D eigenvalue weighted by molar-refractivity contribution is 1.07. The first-order valence-corrected chi connectivity index (χ1v) is 38.9. The molecule has 0 N–H and O–H groups in total. The van der Waals surface area contributed by atoms with Crippen LogP contribution in [0.1, 0.15) is 0 Å². The van der Waals surface area contributed by atoms with Gasteiger partial charge in [-0.25, -0.2) is 29.9 Å². The second kappa shape index (κ2) is 30.4. The van der Waals surface area contributed by atoms with E-state index in [2.05, 4.69) is 435 Å². The SMILES string of the molecule is c1ccc(-c2cc(-c3ccccc3)cc(-c3nc(-c4cc(-c5ccccc5)cc(-c5ccccc5)c4)nc(-c4ccccc4-c4cccc5c6cccc(-c7ccccc7-c7nc(-c8cc(-c9ccccc9)cc(-c9ccccc9)c8)nc(-c8cc(-c9ccccc9)cc(-c9ccccc9)c8)n7)c6n(-c6ccccc6)c45)n3)c2)cc1. The van der Waals surface area contributed by atoms with Gasteiger partial charge in [0.25, 0.3) is 0 Å². The van der Waals surface area contributed by atoms with Gasteiger partial charge in [0.05, 0.1) is 11.0 Å². The summed E-state index contributed by atoms with van der Waals surface area (Å²) in [6, 6.07) is 153. The van der Waals surface area contributed by atoms with E-state index in [1.54, 1.807) is 0 Å². The fraction of sp³-hybridized carbons (Fsp3) is 0. The molecule has 0 spiro atoms. The molecule has 20 aromatic rings. The van der Waals surface area contributed by atoms with E-state index in [1.807, 2.05) is 0 Å². The lowest BCUT2D eigenvalue weighted by Crippen LogP contribution is -2.03. The molecule has 0 aliphatic rings. The molecule has 3 aromatic heterocycles. The van der Waals surface area contributed by atoms with E-state index < -0.39 is 0 Å². The maximum Gasteiger partial charge on any atom is 0.164 e. The zero-order valence-corrected chi connectivity index (χ0v) is 62.6. The summed E-state index contributed by atoms with van der Waals surface area (Å²) in [6.45, 7) is 0. The van der Waals surface area contributed by atoms with Gasteiger partial charge in [-0.2, -0.15) is 0 Å². The van der Waals surface area contributed by atoms with Crippen LogP contribution in [0, 0.1) is 0 Å². The number of nitrogens with zero attached hydrogens (tertiary/aromatic N) is 7. The third-order valence-electron chi connectivity index (χ3n) is 21.6. The summed E-state index contributed by atoms with van der Waals surface area (Å²) in [6.07, 6.45) is 0. The molecule has 0 saturated heterocycles. The van der Waals surface area contributed by atoms with Gasteiger partial charge in [0, 0.05) is 61.0 Å². The molecule has 0 unspecified atom stereocenters. The van der Waals surface area contributed by atoms with Gasteiger partial charge < -0.3 is 4.57 Å². The van der Waals surface area contributed by atoms with E-state index in [9.17, 15) is 0 Å². The van der Waals surface area contributed by atoms with Crippen molar-refractivity contribution >= 4 is 21.8 Å². The third-order valence-corrected chi connectivity index (χ3v) is 21.6. The Kier molecular flexibility index (Phi) is 18.2. The van der Waals surface area contributed by atoms with Gasteiger partial charge in [0.15, 0.2) is 34.9 Å². The molecule has 538 valence electrons. The molecule has 17 aromatic carbocycles. The molecular formula is C108H71N7. The molecule has 3 heterocycles. The smallest absolute Gasteiger partial charge is 0.164 e. The Labute approximate surface area is 668 Å². The van der Waals surface area contributed by atoms with Crippen LogP contribution in [-0.2, 0) is 0 Å². The molecule has 0 atom stereocenters. The number of benzene rings is 17. The van der Waals surface area contributed by atoms with E-state index in [4.69, 9.17) is 29.9 Å². The molecule has 0 amide bonds. The van der Waals surface area contributed by atoms with Crippen LogP contribution in [0.25, 0.3) is 207 Å². The molecule has 115 heavy (non-hydrogen) atoms. The zero-order valence-electron chi connectivity index (χ0n) is 62.6. The lowest BCUT2D eigenvalue weighted by Gasteiger charge is -2.17. The van der Waals surface area contributed by atoms with E-state index in [1.165, 1.54) is 0 Å². The lowest BCUT2D eigenvalue weighted by atomic mass is 9.94. The Morgan fingerprint density at radius 3 is 0.548 bits per heavy atom. The van der Waals surface area contributed by atoms with Crippen molar-refractivity contribution in [3.63, 3.8) is 0 Å². The summed E-state index contributed by atoms with van der Waals surface area (Å²) in [5.74, 6) is 3.24. The van der Waals surface area contributed by atoms with Gasteiger partial charge in [0.1, 0.15) is 0 Å². The first-order valence-electron chi connectivity index (χ1n) is 38.9. The quantitative estimate of drug-likeness (QED) is 0.0903. The number of rotatable bonds is 17. The standard InChI is InChI=1S/C108H71N7/c1-10-34-72(35-11-1)80-60-81(73-36-12-2-13-37-73)65-88(64-80)103-109-104(89-66-82(74-38-14-3-15-39-74)61-83(67-89)75-40-16-4-17-41-75)112-107(111-103)99-54-30-28-52-93(99)95-56-32-58-97-98-59-33-57-96(102(98)115(101(95)97)92-50-26-9-27-51-92)94-53-29-31-55-100(94)108-113-105(90-68-84(76-42-18-5-19-43-76)62-85(69-90)77-44-20-6-21-45-77)110-106(114-108)91-70-86(78-46-22-7-23-47-78)63-87(71-91)79-48-24-8-25-49-79/h1-71H. The Bertz CT molecular complexity index is 6040. The maximum absolute atomic E-state index is 5.69. The maximum atomic E-state index is 5.69. The van der Waals surface area contributed by atoms with Gasteiger partial charge in [-0.15, -0.1) is 0 Å². The largest absolute Gasteiger partial charge is 0.308 e. The number of aromatic nitrogens is 7. The van der Waals surface area contributed by atoms with Gasteiger partial charge in [0.2, 0.25) is 0 Å². The topological polar surface area (TPSA) is 82.3 Å². The predicted molar refractivity (Wildman–Crippen MR) is 475 cm³/mol. The molecular weight excluding hydrogens is 1400 g/mol. The Morgan fingerprint density at radius 2 is 0.313 bits per heavy atom. The predicted octanol–water partition coefficient (Wildman–Crippen LogP) is 27.8. The monoisotopic (exact) mass is 1470 g/mol. The van der Waals surface area contributed by atoms with Crippen LogP contribution >= 0.6 is 0 Å². The second-order valence-corrected chi connectivity index (χ2v) is 28.9. The van der Waals surface area contributed by atoms with Crippen LogP contribution in [0.5, 0.6) is 0 Å². The van der Waals surface area contributed by atoms with Crippen LogP contribution < -0.4 is 0 Å². The highest BCUT2D eigenvalue weighted by molar-refractivity contribution is 6.18. The zero-order chi connectivity index (χ0) is 76.4. The van der Waals surface area contributed by atoms with Crippen LogP contribution in [0.4, 0.5) is 0 Å². The van der Waals surface area contributed by atoms with Crippen molar-refractivity contribution < 1.29 is 0 Å². The Balaban J connectivity index is 0.806. The molecule has 0 aliphatic carbocycles. The Morgan fingerprint density at radius 1 is 0.130 bits per heavy atom. The van der Waals surface area contributed by atoms with Crippen molar-refractivity contribution in [3.8, 4) is 185 Å². The molecule has 0 aliphatic heterocycles. The highest BCUT2D eigenvalue weighted by atomic mass is 15.0. The minimum Gasteiger partial charge on any atom is -0.308 e. The van der Waals surface area contributed by atoms with E-state index in [0.717, 1.165) is 172 Å². The van der Waals surface area contributed by atoms with Crippen molar-refractivity contribution in [2.75, 3.05) is 0 Å². The minimum absolute atomic E-state index is 0.532. The number of fused-ring (bicyclic) bond motifs is 3. The van der Waals surface area contributed by atoms with Crippen LogP contribution in [0.3, 0.4) is 0 Å². The summed E-state index contributed by atoms with van der Waals surface area (Å²) < 4.78 is 2.46. The van der Waals surface area contributed by atoms with Crippen molar-refractivity contribution in [1.29, 1.82) is 0 Å². The van der Waals surface area contributed by atoms with Gasteiger partial charge in [-0.1, -0.05) is 346 Å². The fourth-order valence-corrected chi connectivity index (χ4v) is 16.1. The third kappa shape index (κ3) is 13.7. The summed E-state index contributed by atoms with van der Waals surface area (Å²) in [5.41, 5.74) is 29.2. The van der Waals surface area contributed by atoms with Crippen molar-refractivity contribution in [2.24, 2.45) is 0 Å². The minimum atomic E-state index is 0.532. The average molecular weight is 1470 g/mol. The average Bonchev–Trinajstić information content (AvgIpc) is 1.57. The molecule has 0 radical (unpaired) electrons. The number of hydrogen-bond acceptors (Lipinski definition) is 6. The van der Waals surface area contributed by atoms with E-state index >= 15 is 0 Å². The summed E-state index contributed by atoms with van der Waals surface area (Å²) in [7, 11) is 0. The highest BCUT2D eigenvalue weighted by Gasteiger charge is 2.27. The molecule has 0 saturated carbocycles. The summed E-state index contributed by atoms with van der Waals surface area (Å²) in [5, 5.41) is 2.15. The first-order chi connectivity index (χ1) is 57.0. The molecule has 0 bridgehead atoms. The molecule has 7 heteroatoms. The van der Waals surface area contributed by atoms with Crippen molar-refractivity contribution in [2.45, 2.75) is 0 Å². The number of hydrogen-bond donors (Lipinski definition) is 0. The van der Waals surface area contributed by atoms with Crippen molar-refractivity contribution in [3.05, 3.63) is 431 Å². The second-order valence-electron chi connectivity index (χ2n) is 28.9. The Hall–Kier alpha value is -15.4. The molecule has 0 fully saturated rings. The van der Waals surface area contributed by atoms with Crippen LogP contribution in [0.15, 0.2) is 431 Å². The fourth-order valence-electron chi connectivity index (χ4n) is 16.1. The van der Waals surface area contributed by atoms with Gasteiger partial charge in [-0.05, 0) is 185 Å². The molecule has 20 rings (SSSR count). The summed E-state index contributed by atoms with van der Waals surface area (Å²) in [4.78, 5) is 34.0. The van der Waals surface area contributed by atoms with Crippen molar-refractivity contribution in [1.82, 2.24) is 34.5 Å². The van der Waals surface area contributed by atoms with E-state index in [0.29, 0.717) is 34.9 Å². The van der Waals surface area contributed by atoms with Gasteiger partial charge >= 0.3 is 0 Å². The van der Waals surface area contributed by atoms with Crippen LogP contribution in [-0.4, -0.2) is 34.5 Å². The summed E-state index contributed by atoms with van der Waals surface area (Å²) >= 11 is 0. The molecule has 7 nitrogen and oxygen atoms in total. The highest BCUT2D eigenvalue weighted by Crippen LogP contribution is 2.47. The van der Waals surface area contributed by atoms with E-state index in [-0.39, 0.29) is 0 Å². The normalized spacial score (nSPS) is 11.3. The number of para-hydroxylation sites is 3. The first kappa shape index (κ1) is 68.8. The van der Waals surface area contributed by atoms with Crippen LogP contribution in [0.2, 0.25) is 0 Å². The van der Waals surface area contributed by atoms with Gasteiger partial charge in [-0.3, -0.25) is 0 Å².